The van der Waals surface area contributed by atoms with Crippen molar-refractivity contribution in [2.45, 2.75) is 0 Å². The number of para-hydroxylation sites is 1. The Morgan fingerprint density at radius 1 is 1.29 bits per heavy atom. The summed E-state index contributed by atoms with van der Waals surface area (Å²) in [5.74, 6) is -0.231. The number of benzene rings is 1. The van der Waals surface area contributed by atoms with Crippen LogP contribution in [0, 0.1) is 28.1 Å². The Morgan fingerprint density at radius 2 is 1.90 bits per heavy atom. The van der Waals surface area contributed by atoms with Crippen LogP contribution in [0.5, 0.6) is 0 Å². The summed E-state index contributed by atoms with van der Waals surface area (Å²) in [6, 6.07) is 12.1. The van der Waals surface area contributed by atoms with Gasteiger partial charge in [-0.15, -0.1) is 0 Å². The maximum atomic E-state index is 9.11. The number of rotatable bonds is 1. The first-order chi connectivity index (χ1) is 10.1. The van der Waals surface area contributed by atoms with Crippen molar-refractivity contribution >= 4 is 34.6 Å². The van der Waals surface area contributed by atoms with Crippen LogP contribution in [0.2, 0.25) is 0 Å². The number of nitriles is 2. The smallest absolute Gasteiger partial charge is 0.183 e. The Kier molecular flexibility index (Phi) is 3.93. The van der Waals surface area contributed by atoms with Gasteiger partial charge in [-0.05, 0) is 24.4 Å². The Hall–Kier alpha value is -3.23. The highest BCUT2D eigenvalue weighted by Crippen LogP contribution is 2.20. The number of nitrogens with one attached hydrogen (secondary N) is 2. The molecule has 0 aliphatic carbocycles. The number of oxime groups is 1. The number of allylic oxidation sites excluding steroid dienone is 1. The minimum atomic E-state index is -0.317. The normalized spacial score (nSPS) is 16.2. The second kappa shape index (κ2) is 5.82. The van der Waals surface area contributed by atoms with Gasteiger partial charge in [-0.3, -0.25) is 10.3 Å². The van der Waals surface area contributed by atoms with E-state index in [1.807, 2.05) is 6.07 Å². The molecule has 0 atom stereocenters. The minimum Gasteiger partial charge on any atom is -0.410 e. The first-order valence-corrected chi connectivity index (χ1v) is 6.06. The molecule has 8 heteroatoms. The molecule has 7 nitrogen and oxygen atoms in total. The highest BCUT2D eigenvalue weighted by Gasteiger charge is 2.33. The van der Waals surface area contributed by atoms with Crippen molar-refractivity contribution in [2.75, 3.05) is 4.90 Å². The van der Waals surface area contributed by atoms with Crippen LogP contribution in [0.15, 0.2) is 46.8 Å². The van der Waals surface area contributed by atoms with E-state index in [1.54, 1.807) is 36.4 Å². The molecule has 0 amide bonds. The largest absolute Gasteiger partial charge is 0.410 e. The summed E-state index contributed by atoms with van der Waals surface area (Å²) in [5, 5.41) is 40.8. The van der Waals surface area contributed by atoms with E-state index >= 15 is 0 Å². The first-order valence-electron chi connectivity index (χ1n) is 5.66. The van der Waals surface area contributed by atoms with Crippen molar-refractivity contribution in [1.29, 1.82) is 15.9 Å². The molecule has 0 unspecified atom stereocenters. The maximum Gasteiger partial charge on any atom is 0.183 e. The predicted octanol–water partition coefficient (Wildman–Crippen LogP) is 1.49. The molecular weight excluding hydrogens is 288 g/mol. The molecule has 1 aliphatic rings. The van der Waals surface area contributed by atoms with Crippen molar-refractivity contribution < 1.29 is 5.21 Å². The summed E-state index contributed by atoms with van der Waals surface area (Å²) in [6.07, 6.45) is 0. The van der Waals surface area contributed by atoms with Gasteiger partial charge >= 0.3 is 0 Å². The van der Waals surface area contributed by atoms with Gasteiger partial charge in [-0.2, -0.15) is 10.5 Å². The number of hydrogen-bond donors (Lipinski definition) is 3. The highest BCUT2D eigenvalue weighted by molar-refractivity contribution is 7.80. The zero-order valence-corrected chi connectivity index (χ0v) is 11.3. The molecular formula is C13H8N6OS. The fourth-order valence-corrected chi connectivity index (χ4v) is 2.09. The molecule has 3 N–H and O–H groups in total. The van der Waals surface area contributed by atoms with Crippen molar-refractivity contribution in [3.63, 3.8) is 0 Å². The molecule has 0 radical (unpaired) electrons. The number of anilines is 1. The quantitative estimate of drug-likeness (QED) is 0.312. The van der Waals surface area contributed by atoms with Crippen LogP contribution in [0.1, 0.15) is 0 Å². The third-order valence-electron chi connectivity index (χ3n) is 2.71. The fourth-order valence-electron chi connectivity index (χ4n) is 1.79. The van der Waals surface area contributed by atoms with Gasteiger partial charge in [-0.25, -0.2) is 0 Å². The van der Waals surface area contributed by atoms with E-state index < -0.39 is 0 Å². The number of hydrogen-bond acceptors (Lipinski definition) is 6. The third-order valence-corrected chi connectivity index (χ3v) is 2.99. The number of nitrogens with zero attached hydrogens (tertiary/aromatic N) is 4. The molecule has 1 fully saturated rings. The molecule has 0 spiro atoms. The van der Waals surface area contributed by atoms with E-state index in [-0.39, 0.29) is 27.9 Å². The second-order valence-electron chi connectivity index (χ2n) is 3.87. The van der Waals surface area contributed by atoms with Gasteiger partial charge in [0, 0.05) is 5.69 Å². The lowest BCUT2D eigenvalue weighted by atomic mass is 10.1. The summed E-state index contributed by atoms with van der Waals surface area (Å²) in [4.78, 5) is 1.33. The Balaban J connectivity index is 2.55. The van der Waals surface area contributed by atoms with Crippen LogP contribution in [0.25, 0.3) is 0 Å². The lowest BCUT2D eigenvalue weighted by Crippen LogP contribution is -2.54. The molecule has 21 heavy (non-hydrogen) atoms. The van der Waals surface area contributed by atoms with Crippen LogP contribution >= 0.6 is 12.2 Å². The van der Waals surface area contributed by atoms with Crippen molar-refractivity contribution in [3.05, 3.63) is 41.6 Å². The van der Waals surface area contributed by atoms with Gasteiger partial charge in [0.15, 0.2) is 22.2 Å². The van der Waals surface area contributed by atoms with Gasteiger partial charge in [-0.1, -0.05) is 23.4 Å². The fraction of sp³-hybridized carbons (Fsp3) is 0. The predicted molar refractivity (Wildman–Crippen MR) is 79.9 cm³/mol. The van der Waals surface area contributed by atoms with Crippen LogP contribution in [-0.2, 0) is 0 Å². The van der Waals surface area contributed by atoms with E-state index in [2.05, 4.69) is 10.5 Å². The molecule has 1 aromatic rings. The lowest BCUT2D eigenvalue weighted by Gasteiger charge is -2.32. The van der Waals surface area contributed by atoms with E-state index in [9.17, 15) is 0 Å². The summed E-state index contributed by atoms with van der Waals surface area (Å²) in [5.41, 5.74) is -0.0338. The molecule has 1 saturated heterocycles. The molecule has 0 bridgehead atoms. The van der Waals surface area contributed by atoms with E-state index in [1.165, 1.54) is 4.90 Å². The van der Waals surface area contributed by atoms with Crippen molar-refractivity contribution in [2.24, 2.45) is 5.16 Å². The van der Waals surface area contributed by atoms with E-state index in [0.717, 1.165) is 0 Å². The Bertz CT molecular complexity index is 737. The van der Waals surface area contributed by atoms with Gasteiger partial charge in [0.25, 0.3) is 0 Å². The van der Waals surface area contributed by atoms with E-state index in [0.29, 0.717) is 5.69 Å². The second-order valence-corrected chi connectivity index (χ2v) is 4.26. The monoisotopic (exact) mass is 296 g/mol. The molecule has 1 aliphatic heterocycles. The molecule has 0 aromatic heterocycles. The van der Waals surface area contributed by atoms with Gasteiger partial charge < -0.3 is 10.5 Å². The minimum absolute atomic E-state index is 0.0790. The highest BCUT2D eigenvalue weighted by atomic mass is 32.1. The Morgan fingerprint density at radius 3 is 2.43 bits per heavy atom. The molecule has 102 valence electrons. The van der Waals surface area contributed by atoms with Gasteiger partial charge in [0.05, 0.1) is 0 Å². The van der Waals surface area contributed by atoms with E-state index in [4.69, 9.17) is 33.4 Å². The zero-order chi connectivity index (χ0) is 15.4. The van der Waals surface area contributed by atoms with Crippen LogP contribution in [0.3, 0.4) is 0 Å². The summed E-state index contributed by atoms with van der Waals surface area (Å²) >= 11 is 5.16. The summed E-state index contributed by atoms with van der Waals surface area (Å²) in [7, 11) is 0. The summed E-state index contributed by atoms with van der Waals surface area (Å²) < 4.78 is 0. The average Bonchev–Trinajstić information content (AvgIpc) is 2.49. The van der Waals surface area contributed by atoms with Gasteiger partial charge in [0.2, 0.25) is 0 Å². The Labute approximate surface area is 125 Å². The third kappa shape index (κ3) is 2.43. The average molecular weight is 296 g/mol. The SMILES string of the molecule is N#CC(C#N)=C1NC(=S)N(c2ccccc2)C(=N)/C1=N\O. The maximum absolute atomic E-state index is 9.11. The molecule has 1 heterocycles. The topological polar surface area (TPSA) is 119 Å². The molecule has 1 aromatic carbocycles. The van der Waals surface area contributed by atoms with Crippen LogP contribution in [0.4, 0.5) is 5.69 Å². The van der Waals surface area contributed by atoms with Crippen molar-refractivity contribution in [3.8, 4) is 12.1 Å². The standard InChI is InChI=1S/C13H8N6OS/c14-6-8(7-15)10-11(18-20)12(16)19(13(21)17-10)9-4-2-1-3-5-9/h1-5,16,20H,(H,17,21)/b16-12?,18-11-. The number of amidine groups is 1. The van der Waals surface area contributed by atoms with Crippen molar-refractivity contribution in [1.82, 2.24) is 5.32 Å². The van der Waals surface area contributed by atoms with Crippen LogP contribution in [-0.4, -0.2) is 21.9 Å². The lowest BCUT2D eigenvalue weighted by molar-refractivity contribution is 0.320. The molecule has 2 rings (SSSR count). The number of thiocarbonyl (C=S) groups is 1. The molecule has 0 saturated carbocycles. The van der Waals surface area contributed by atoms with Gasteiger partial charge in [0.1, 0.15) is 17.8 Å². The van der Waals surface area contributed by atoms with Crippen LogP contribution < -0.4 is 10.2 Å². The summed E-state index contributed by atoms with van der Waals surface area (Å²) in [6.45, 7) is 0. The first kappa shape index (κ1) is 14.2. The zero-order valence-electron chi connectivity index (χ0n) is 10.5.